The van der Waals surface area contributed by atoms with Crippen molar-refractivity contribution in [2.45, 2.75) is 32.9 Å². The molecule has 0 spiro atoms. The minimum Gasteiger partial charge on any atom is -0.385 e. The van der Waals surface area contributed by atoms with E-state index in [0.717, 1.165) is 18.9 Å². The SMILES string of the molecule is CCC(CC)CNc1ccc(Cl)c(C(F)(F)F)c1. The van der Waals surface area contributed by atoms with Gasteiger partial charge < -0.3 is 5.32 Å². The van der Waals surface area contributed by atoms with Crippen molar-refractivity contribution in [3.63, 3.8) is 0 Å². The molecule has 0 radical (unpaired) electrons. The highest BCUT2D eigenvalue weighted by molar-refractivity contribution is 6.31. The Morgan fingerprint density at radius 3 is 2.33 bits per heavy atom. The Bertz CT molecular complexity index is 386. The van der Waals surface area contributed by atoms with E-state index in [1.54, 1.807) is 6.07 Å². The molecular weight excluding hydrogens is 263 g/mol. The molecule has 0 aliphatic rings. The second-order valence-electron chi connectivity index (χ2n) is 4.26. The van der Waals surface area contributed by atoms with Gasteiger partial charge in [0.1, 0.15) is 0 Å². The van der Waals surface area contributed by atoms with Crippen LogP contribution in [0.1, 0.15) is 32.3 Å². The summed E-state index contributed by atoms with van der Waals surface area (Å²) in [6, 6.07) is 3.91. The Kier molecular flexibility index (Phi) is 5.32. The van der Waals surface area contributed by atoms with Gasteiger partial charge in [0.25, 0.3) is 0 Å². The van der Waals surface area contributed by atoms with Gasteiger partial charge in [-0.25, -0.2) is 0 Å². The Hall–Kier alpha value is -0.900. The van der Waals surface area contributed by atoms with Crippen LogP contribution in [0.25, 0.3) is 0 Å². The van der Waals surface area contributed by atoms with Crippen molar-refractivity contribution in [2.24, 2.45) is 5.92 Å². The molecule has 0 atom stereocenters. The summed E-state index contributed by atoms with van der Waals surface area (Å²) >= 11 is 5.55. The minimum atomic E-state index is -4.41. The number of anilines is 1. The normalized spacial score (nSPS) is 11.9. The van der Waals surface area contributed by atoms with E-state index in [-0.39, 0.29) is 5.02 Å². The van der Waals surface area contributed by atoms with Gasteiger partial charge in [0, 0.05) is 12.2 Å². The lowest BCUT2D eigenvalue weighted by atomic mass is 10.0. The number of benzene rings is 1. The van der Waals surface area contributed by atoms with Crippen LogP contribution >= 0.6 is 11.6 Å². The summed E-state index contributed by atoms with van der Waals surface area (Å²) in [6.07, 6.45) is -2.41. The van der Waals surface area contributed by atoms with E-state index in [9.17, 15) is 13.2 Å². The zero-order valence-electron chi connectivity index (χ0n) is 10.4. The number of hydrogen-bond acceptors (Lipinski definition) is 1. The predicted molar refractivity (Wildman–Crippen MR) is 69.0 cm³/mol. The lowest BCUT2D eigenvalue weighted by molar-refractivity contribution is -0.137. The molecule has 18 heavy (non-hydrogen) atoms. The minimum absolute atomic E-state index is 0.268. The molecule has 0 aromatic heterocycles. The average molecular weight is 280 g/mol. The highest BCUT2D eigenvalue weighted by atomic mass is 35.5. The molecule has 0 aliphatic heterocycles. The second kappa shape index (κ2) is 6.32. The zero-order chi connectivity index (χ0) is 13.8. The molecular formula is C13H17ClF3N. The second-order valence-corrected chi connectivity index (χ2v) is 4.66. The molecule has 0 saturated carbocycles. The molecule has 0 bridgehead atoms. The number of alkyl halides is 3. The fraction of sp³-hybridized carbons (Fsp3) is 0.538. The van der Waals surface area contributed by atoms with E-state index in [2.05, 4.69) is 19.2 Å². The van der Waals surface area contributed by atoms with Gasteiger partial charge in [0.2, 0.25) is 0 Å². The van der Waals surface area contributed by atoms with E-state index in [4.69, 9.17) is 11.6 Å². The number of nitrogens with one attached hydrogen (secondary N) is 1. The maximum atomic E-state index is 12.6. The fourth-order valence-electron chi connectivity index (χ4n) is 1.69. The van der Waals surface area contributed by atoms with Gasteiger partial charge in [-0.05, 0) is 24.1 Å². The molecule has 0 aliphatic carbocycles. The molecule has 1 rings (SSSR count). The predicted octanol–water partition coefficient (Wildman–Crippen LogP) is 5.21. The van der Waals surface area contributed by atoms with Crippen molar-refractivity contribution in [3.05, 3.63) is 28.8 Å². The quantitative estimate of drug-likeness (QED) is 0.780. The summed E-state index contributed by atoms with van der Waals surface area (Å²) in [6.45, 7) is 4.81. The first-order valence-corrected chi connectivity index (χ1v) is 6.36. The zero-order valence-corrected chi connectivity index (χ0v) is 11.2. The molecule has 1 N–H and O–H groups in total. The van der Waals surface area contributed by atoms with Crippen molar-refractivity contribution < 1.29 is 13.2 Å². The summed E-state index contributed by atoms with van der Waals surface area (Å²) < 4.78 is 37.9. The van der Waals surface area contributed by atoms with Crippen molar-refractivity contribution in [3.8, 4) is 0 Å². The van der Waals surface area contributed by atoms with Gasteiger partial charge in [-0.2, -0.15) is 13.2 Å². The van der Waals surface area contributed by atoms with E-state index in [1.807, 2.05) is 0 Å². The van der Waals surface area contributed by atoms with Gasteiger partial charge in [-0.3, -0.25) is 0 Å². The Labute approximate surface area is 110 Å². The van der Waals surface area contributed by atoms with Gasteiger partial charge >= 0.3 is 6.18 Å². The summed E-state index contributed by atoms with van der Waals surface area (Å²) in [4.78, 5) is 0. The maximum absolute atomic E-state index is 12.6. The van der Waals surface area contributed by atoms with Crippen LogP contribution in [-0.4, -0.2) is 6.54 Å². The smallest absolute Gasteiger partial charge is 0.385 e. The van der Waals surface area contributed by atoms with Gasteiger partial charge in [0.15, 0.2) is 0 Å². The van der Waals surface area contributed by atoms with Gasteiger partial charge in [-0.15, -0.1) is 0 Å². The lowest BCUT2D eigenvalue weighted by Gasteiger charge is -2.16. The molecule has 0 amide bonds. The Balaban J connectivity index is 2.80. The first-order valence-electron chi connectivity index (χ1n) is 5.99. The highest BCUT2D eigenvalue weighted by Gasteiger charge is 2.33. The van der Waals surface area contributed by atoms with Gasteiger partial charge in [-0.1, -0.05) is 38.3 Å². The average Bonchev–Trinajstić information content (AvgIpc) is 2.31. The molecule has 5 heteroatoms. The molecule has 1 nitrogen and oxygen atoms in total. The standard InChI is InChI=1S/C13H17ClF3N/c1-3-9(4-2)8-18-10-5-6-12(14)11(7-10)13(15,16)17/h5-7,9,18H,3-4,8H2,1-2H3. The van der Waals surface area contributed by atoms with Crippen molar-refractivity contribution in [1.29, 1.82) is 0 Å². The summed E-state index contributed by atoms with van der Waals surface area (Å²) in [5.74, 6) is 0.468. The monoisotopic (exact) mass is 279 g/mol. The highest BCUT2D eigenvalue weighted by Crippen LogP contribution is 2.36. The first-order chi connectivity index (χ1) is 8.38. The Morgan fingerprint density at radius 2 is 1.83 bits per heavy atom. The largest absolute Gasteiger partial charge is 0.417 e. The van der Waals surface area contributed by atoms with Crippen molar-refractivity contribution in [2.75, 3.05) is 11.9 Å². The maximum Gasteiger partial charge on any atom is 0.417 e. The first kappa shape index (κ1) is 15.2. The molecule has 0 unspecified atom stereocenters. The molecule has 0 heterocycles. The molecule has 0 fully saturated rings. The number of halogens is 4. The summed E-state index contributed by atoms with van der Waals surface area (Å²) in [7, 11) is 0. The van der Waals surface area contributed by atoms with Crippen LogP contribution in [0.15, 0.2) is 18.2 Å². The van der Waals surface area contributed by atoms with Crippen LogP contribution in [-0.2, 0) is 6.18 Å². The fourth-order valence-corrected chi connectivity index (χ4v) is 1.92. The van der Waals surface area contributed by atoms with Crippen LogP contribution < -0.4 is 5.32 Å². The molecule has 1 aromatic carbocycles. The lowest BCUT2D eigenvalue weighted by Crippen LogP contribution is -2.13. The third kappa shape index (κ3) is 4.09. The van der Waals surface area contributed by atoms with Crippen LogP contribution in [0, 0.1) is 5.92 Å². The van der Waals surface area contributed by atoms with E-state index in [1.165, 1.54) is 6.07 Å². The third-order valence-electron chi connectivity index (χ3n) is 3.02. The van der Waals surface area contributed by atoms with Crippen LogP contribution in [0.2, 0.25) is 5.02 Å². The molecule has 1 aromatic rings. The summed E-state index contributed by atoms with van der Waals surface area (Å²) in [5.41, 5.74) is -0.336. The van der Waals surface area contributed by atoms with Crippen molar-refractivity contribution >= 4 is 17.3 Å². The van der Waals surface area contributed by atoms with Crippen molar-refractivity contribution in [1.82, 2.24) is 0 Å². The van der Waals surface area contributed by atoms with E-state index in [0.29, 0.717) is 18.2 Å². The number of rotatable bonds is 5. The third-order valence-corrected chi connectivity index (χ3v) is 3.35. The molecule has 0 saturated heterocycles. The Morgan fingerprint density at radius 1 is 1.22 bits per heavy atom. The van der Waals surface area contributed by atoms with E-state index >= 15 is 0 Å². The van der Waals surface area contributed by atoms with Crippen LogP contribution in [0.3, 0.4) is 0 Å². The topological polar surface area (TPSA) is 12.0 Å². The summed E-state index contributed by atoms with van der Waals surface area (Å²) in [5, 5.41) is 2.76. The number of hydrogen-bond donors (Lipinski definition) is 1. The van der Waals surface area contributed by atoms with Crippen LogP contribution in [0.4, 0.5) is 18.9 Å². The van der Waals surface area contributed by atoms with E-state index < -0.39 is 11.7 Å². The molecule has 102 valence electrons. The van der Waals surface area contributed by atoms with Crippen LogP contribution in [0.5, 0.6) is 0 Å². The van der Waals surface area contributed by atoms with Gasteiger partial charge in [0.05, 0.1) is 10.6 Å².